The third-order valence-electron chi connectivity index (χ3n) is 0.113. The molecule has 0 radical (unpaired) electrons. The number of hydrogen-bond acceptors (Lipinski definition) is 3. The molecule has 0 aliphatic carbocycles. The lowest BCUT2D eigenvalue weighted by Crippen LogP contribution is -1.50. The molecule has 0 amide bonds. The lowest BCUT2D eigenvalue weighted by molar-refractivity contribution is 0.477. The normalized spacial score (nSPS) is 8.33. The van der Waals surface area contributed by atoms with E-state index < -0.39 is 8.25 Å². The summed E-state index contributed by atoms with van der Waals surface area (Å²) in [7, 11) is -1.99. The Kier molecular flexibility index (Phi) is 4.82. The molecule has 0 aliphatic heterocycles. The second kappa shape index (κ2) is 4.15. The Balaban J connectivity index is 2.99. The van der Waals surface area contributed by atoms with Crippen molar-refractivity contribution in [1.29, 1.82) is 0 Å². The maximum absolute atomic E-state index is 9.79. The van der Waals surface area contributed by atoms with Crippen LogP contribution in [-0.4, -0.2) is 0 Å². The first kappa shape index (κ1) is 6.98. The minimum Gasteiger partial charge on any atom is -0.0375 e. The summed E-state index contributed by atoms with van der Waals surface area (Å²) in [6.07, 6.45) is 0. The molecule has 0 aromatic rings. The van der Waals surface area contributed by atoms with E-state index in [0.29, 0.717) is 0 Å². The number of halogens is 2. The molecule has 0 bridgehead atoms. The van der Waals surface area contributed by atoms with Crippen LogP contribution in [0.2, 0.25) is 0 Å². The van der Waals surface area contributed by atoms with E-state index in [1.165, 1.54) is 0 Å². The molecule has 0 heterocycles. The third kappa shape index (κ3) is 3.18. The monoisotopic (exact) mass is 237 g/mol. The van der Waals surface area contributed by atoms with Gasteiger partial charge in [0.05, 0.1) is 0 Å². The second-order valence-corrected chi connectivity index (χ2v) is 2.82. The van der Waals surface area contributed by atoms with Crippen molar-refractivity contribution in [3.05, 3.63) is 0 Å². The highest BCUT2D eigenvalue weighted by molar-refractivity contribution is 9.07. The van der Waals surface area contributed by atoms with Gasteiger partial charge in [-0.15, -0.1) is 0 Å². The van der Waals surface area contributed by atoms with E-state index in [4.69, 9.17) is 0 Å². The van der Waals surface area contributed by atoms with E-state index in [1.807, 2.05) is 0 Å². The van der Waals surface area contributed by atoms with Crippen LogP contribution in [0.1, 0.15) is 0 Å². The van der Waals surface area contributed by atoms with E-state index in [-0.39, 0.29) is 0 Å². The summed E-state index contributed by atoms with van der Waals surface area (Å²) in [4.78, 5) is 0. The molecule has 0 unspecified atom stereocenters. The van der Waals surface area contributed by atoms with Gasteiger partial charge in [-0.1, -0.05) is 0 Å². The maximum Gasteiger partial charge on any atom is 0.721 e. The van der Waals surface area contributed by atoms with Gasteiger partial charge in [0, 0.05) is 4.57 Å². The van der Waals surface area contributed by atoms with E-state index in [1.54, 1.807) is 0 Å². The van der Waals surface area contributed by atoms with Gasteiger partial charge in [-0.2, -0.15) is 0 Å². The molecular weight excluding hydrogens is 239 g/mol. The van der Waals surface area contributed by atoms with Crippen LogP contribution in [0.5, 0.6) is 0 Å². The third-order valence-corrected chi connectivity index (χ3v) is 1.76. The molecule has 0 fully saturated rings. The average molecular weight is 239 g/mol. The average Bonchev–Trinajstić information content (AvgIpc) is 1.65. The highest BCUT2D eigenvalue weighted by Crippen LogP contribution is 2.28. The Bertz CT molecular complexity index is 46.8. The summed E-state index contributed by atoms with van der Waals surface area (Å²) in [5.41, 5.74) is 0. The van der Waals surface area contributed by atoms with Crippen LogP contribution < -0.4 is 0 Å². The molecule has 0 aromatic carbocycles. The van der Waals surface area contributed by atoms with Crippen LogP contribution in [0.3, 0.4) is 0 Å². The molecule has 6 heavy (non-hydrogen) atoms. The van der Waals surface area contributed by atoms with Crippen molar-refractivity contribution in [1.82, 2.24) is 0 Å². The summed E-state index contributed by atoms with van der Waals surface area (Å²) in [6.45, 7) is 0. The fraction of sp³-hybridized carbons (Fsp3) is 0. The molecule has 0 saturated heterocycles. The van der Waals surface area contributed by atoms with E-state index in [2.05, 4.69) is 39.7 Å². The Morgan fingerprint density at radius 1 is 1.33 bits per heavy atom. The molecule has 0 spiro atoms. The summed E-state index contributed by atoms with van der Waals surface area (Å²) >= 11 is 4.87. The SMILES string of the molecule is O=[P+](OBr)OBr. The predicted octanol–water partition coefficient (Wildman–Crippen LogP) is 2.30. The zero-order valence-electron chi connectivity index (χ0n) is 2.43. The molecular formula is Br2O3P+. The highest BCUT2D eigenvalue weighted by Gasteiger charge is 2.15. The highest BCUT2D eigenvalue weighted by atomic mass is 79.9. The van der Waals surface area contributed by atoms with Gasteiger partial charge in [0.25, 0.3) is 0 Å². The molecule has 0 rings (SSSR count). The minimum absolute atomic E-state index is 1.99. The second-order valence-electron chi connectivity index (χ2n) is 0.362. The Morgan fingerprint density at radius 2 is 1.67 bits per heavy atom. The molecule has 6 heteroatoms. The molecule has 0 N–H and O–H groups in total. The maximum atomic E-state index is 9.79. The molecule has 0 aliphatic rings. The van der Waals surface area contributed by atoms with Crippen LogP contribution in [0.15, 0.2) is 0 Å². The lowest BCUT2D eigenvalue weighted by Gasteiger charge is -1.60. The van der Waals surface area contributed by atoms with E-state index in [0.717, 1.165) is 0 Å². The molecule has 0 aromatic heterocycles. The van der Waals surface area contributed by atoms with Crippen LogP contribution >= 0.6 is 40.8 Å². The van der Waals surface area contributed by atoms with E-state index in [9.17, 15) is 4.57 Å². The first-order chi connectivity index (χ1) is 2.81. The van der Waals surface area contributed by atoms with Gasteiger partial charge >= 0.3 is 8.25 Å². The van der Waals surface area contributed by atoms with Crippen molar-refractivity contribution in [3.63, 3.8) is 0 Å². The zero-order chi connectivity index (χ0) is 4.99. The van der Waals surface area contributed by atoms with Crippen LogP contribution in [0.4, 0.5) is 0 Å². The van der Waals surface area contributed by atoms with Gasteiger partial charge < -0.3 is 0 Å². The topological polar surface area (TPSA) is 35.5 Å². The van der Waals surface area contributed by atoms with Gasteiger partial charge in [0.1, 0.15) is 0 Å². The summed E-state index contributed by atoms with van der Waals surface area (Å²) in [5.74, 6) is 0. The molecule has 0 saturated carbocycles. The van der Waals surface area contributed by atoms with Crippen molar-refractivity contribution in [2.75, 3.05) is 0 Å². The zero-order valence-corrected chi connectivity index (χ0v) is 6.49. The van der Waals surface area contributed by atoms with Gasteiger partial charge in [-0.05, 0) is 7.23 Å². The van der Waals surface area contributed by atoms with E-state index >= 15 is 0 Å². The van der Waals surface area contributed by atoms with Gasteiger partial charge in [0.2, 0.25) is 0 Å². The minimum atomic E-state index is -1.99. The van der Waals surface area contributed by atoms with Crippen molar-refractivity contribution in [3.8, 4) is 0 Å². The standard InChI is InChI=1S/Br2O3P/c1-4-6(3)5-2/q+1. The molecule has 0 atom stereocenters. The summed E-state index contributed by atoms with van der Waals surface area (Å²) < 4.78 is 17.7. The Hall–Kier alpha value is 0.980. The Labute approximate surface area is 52.9 Å². The number of hydrogen-bond donors (Lipinski definition) is 0. The van der Waals surface area contributed by atoms with Crippen LogP contribution in [0, 0.1) is 0 Å². The van der Waals surface area contributed by atoms with Crippen molar-refractivity contribution >= 4 is 40.8 Å². The van der Waals surface area contributed by atoms with Crippen molar-refractivity contribution in [2.24, 2.45) is 0 Å². The molecule has 36 valence electrons. The number of rotatable bonds is 2. The largest absolute Gasteiger partial charge is 0.721 e. The van der Waals surface area contributed by atoms with Crippen LogP contribution in [-0.2, 0) is 11.8 Å². The predicted molar refractivity (Wildman–Crippen MR) is 27.6 cm³/mol. The fourth-order valence-corrected chi connectivity index (χ4v) is 0.862. The summed E-state index contributed by atoms with van der Waals surface area (Å²) in [6, 6.07) is 0. The smallest absolute Gasteiger partial charge is 0.0375 e. The first-order valence-corrected chi connectivity index (χ1v) is 3.25. The van der Waals surface area contributed by atoms with Crippen LogP contribution in [0.25, 0.3) is 0 Å². The van der Waals surface area contributed by atoms with Crippen molar-refractivity contribution < 1.29 is 11.8 Å². The summed E-state index contributed by atoms with van der Waals surface area (Å²) in [5, 5.41) is 0. The van der Waals surface area contributed by atoms with Crippen molar-refractivity contribution in [2.45, 2.75) is 0 Å². The first-order valence-electron chi connectivity index (χ1n) is 0.856. The molecule has 3 nitrogen and oxygen atoms in total. The lowest BCUT2D eigenvalue weighted by atomic mass is 15.8. The fourth-order valence-electron chi connectivity index (χ4n) is 0.0106. The Morgan fingerprint density at radius 3 is 1.67 bits per heavy atom. The van der Waals surface area contributed by atoms with Gasteiger partial charge in [-0.25, -0.2) is 0 Å². The quantitative estimate of drug-likeness (QED) is 0.693. The van der Waals surface area contributed by atoms with Gasteiger partial charge in [0.15, 0.2) is 32.5 Å². The van der Waals surface area contributed by atoms with Gasteiger partial charge in [-0.3, -0.25) is 0 Å².